The molecule has 6 heteroatoms. The highest BCUT2D eigenvalue weighted by Crippen LogP contribution is 2.43. The molecule has 0 bridgehead atoms. The molecule has 3 aliphatic rings. The van der Waals surface area contributed by atoms with E-state index in [0.717, 1.165) is 32.2 Å². The molecule has 26 heavy (non-hydrogen) atoms. The van der Waals surface area contributed by atoms with Crippen LogP contribution in [-0.2, 0) is 19.0 Å². The second kappa shape index (κ2) is 8.65. The number of likely N-dealkylation sites (tertiary alicyclic amines) is 1. The van der Waals surface area contributed by atoms with Crippen molar-refractivity contribution >= 4 is 5.78 Å². The van der Waals surface area contributed by atoms with Gasteiger partial charge in [-0.2, -0.15) is 0 Å². The van der Waals surface area contributed by atoms with E-state index in [1.54, 1.807) is 21.3 Å². The van der Waals surface area contributed by atoms with Crippen LogP contribution in [0.3, 0.4) is 0 Å². The second-order valence-corrected chi connectivity index (χ2v) is 8.41. The standard InChI is InChI=1S/C20H35NO5/c1-21-8-7-12-9-17(25-3)18(26-4)11-14(12)19(21)20(23)13-5-6-15(22)16(10-13)24-2/h12-19,22H,5-11H2,1-4H3. The number of likely N-dealkylation sites (N-methyl/N-ethyl adjacent to an activating group) is 1. The van der Waals surface area contributed by atoms with Crippen molar-refractivity contribution < 1.29 is 24.1 Å². The summed E-state index contributed by atoms with van der Waals surface area (Å²) in [7, 11) is 7.20. The number of ether oxygens (including phenoxy) is 3. The first-order chi connectivity index (χ1) is 12.5. The normalized spacial score (nSPS) is 44.5. The summed E-state index contributed by atoms with van der Waals surface area (Å²) in [5.41, 5.74) is 0. The highest BCUT2D eigenvalue weighted by molar-refractivity contribution is 5.87. The van der Waals surface area contributed by atoms with Gasteiger partial charge in [-0.3, -0.25) is 9.69 Å². The first-order valence-electron chi connectivity index (χ1n) is 10.0. The van der Waals surface area contributed by atoms with Crippen LogP contribution in [-0.4, -0.2) is 81.2 Å². The minimum Gasteiger partial charge on any atom is -0.390 e. The Hall–Kier alpha value is -0.530. The van der Waals surface area contributed by atoms with Gasteiger partial charge in [0.05, 0.1) is 30.5 Å². The fourth-order valence-corrected chi connectivity index (χ4v) is 5.58. The lowest BCUT2D eigenvalue weighted by atomic mass is 9.66. The molecule has 0 aromatic heterocycles. The number of rotatable bonds is 5. The predicted octanol–water partition coefficient (Wildman–Crippen LogP) is 1.49. The molecule has 150 valence electrons. The smallest absolute Gasteiger partial charge is 0.153 e. The fraction of sp³-hybridized carbons (Fsp3) is 0.950. The number of piperidine rings is 1. The number of ketones is 1. The molecule has 1 saturated heterocycles. The molecular formula is C20H35NO5. The van der Waals surface area contributed by atoms with Gasteiger partial charge in [0.15, 0.2) is 5.78 Å². The summed E-state index contributed by atoms with van der Waals surface area (Å²) in [5.74, 6) is 1.16. The number of Topliss-reactive ketones (excluding diaryl/α,β-unsaturated/α-hetero) is 1. The molecule has 1 heterocycles. The molecule has 6 nitrogen and oxygen atoms in total. The average molecular weight is 370 g/mol. The number of methoxy groups -OCH3 is 3. The van der Waals surface area contributed by atoms with Gasteiger partial charge in [-0.25, -0.2) is 0 Å². The molecular weight excluding hydrogens is 334 g/mol. The van der Waals surface area contributed by atoms with Gasteiger partial charge in [0.1, 0.15) is 0 Å². The Bertz CT molecular complexity index is 487. The van der Waals surface area contributed by atoms with Crippen molar-refractivity contribution in [1.82, 2.24) is 4.90 Å². The van der Waals surface area contributed by atoms with Gasteiger partial charge in [0, 0.05) is 27.2 Å². The van der Waals surface area contributed by atoms with Gasteiger partial charge < -0.3 is 19.3 Å². The SMILES string of the molecule is COC1CC(C(=O)C2C3CC(OC)C(OC)CC3CCN2C)CCC1O. The lowest BCUT2D eigenvalue weighted by Crippen LogP contribution is -2.58. The summed E-state index contributed by atoms with van der Waals surface area (Å²) in [5, 5.41) is 10.1. The van der Waals surface area contributed by atoms with Crippen LogP contribution in [0.15, 0.2) is 0 Å². The van der Waals surface area contributed by atoms with Gasteiger partial charge >= 0.3 is 0 Å². The number of carbonyl (C=O) groups is 1. The van der Waals surface area contributed by atoms with Crippen LogP contribution in [0.25, 0.3) is 0 Å². The molecule has 3 rings (SSSR count). The van der Waals surface area contributed by atoms with E-state index in [1.165, 1.54) is 0 Å². The van der Waals surface area contributed by atoms with Crippen LogP contribution in [0.2, 0.25) is 0 Å². The van der Waals surface area contributed by atoms with E-state index < -0.39 is 6.10 Å². The maximum absolute atomic E-state index is 13.5. The molecule has 0 spiro atoms. The van der Waals surface area contributed by atoms with Crippen LogP contribution in [0, 0.1) is 17.8 Å². The van der Waals surface area contributed by atoms with Crippen LogP contribution in [0.4, 0.5) is 0 Å². The lowest BCUT2D eigenvalue weighted by molar-refractivity contribution is -0.146. The zero-order valence-electron chi connectivity index (χ0n) is 16.6. The zero-order valence-corrected chi connectivity index (χ0v) is 16.6. The molecule has 0 amide bonds. The number of aliphatic hydroxyl groups is 1. The maximum Gasteiger partial charge on any atom is 0.153 e. The van der Waals surface area contributed by atoms with Gasteiger partial charge in [0.2, 0.25) is 0 Å². The fourth-order valence-electron chi connectivity index (χ4n) is 5.58. The van der Waals surface area contributed by atoms with Crippen molar-refractivity contribution in [2.45, 2.75) is 69.0 Å². The van der Waals surface area contributed by atoms with Crippen LogP contribution >= 0.6 is 0 Å². The molecule has 0 aromatic rings. The van der Waals surface area contributed by atoms with Crippen molar-refractivity contribution in [3.63, 3.8) is 0 Å². The monoisotopic (exact) mass is 369 g/mol. The number of hydrogen-bond acceptors (Lipinski definition) is 6. The maximum atomic E-state index is 13.5. The molecule has 8 unspecified atom stereocenters. The first-order valence-corrected chi connectivity index (χ1v) is 10.0. The van der Waals surface area contributed by atoms with E-state index in [4.69, 9.17) is 14.2 Å². The minimum absolute atomic E-state index is 0.0179. The second-order valence-electron chi connectivity index (χ2n) is 8.41. The Morgan fingerprint density at radius 1 is 0.923 bits per heavy atom. The molecule has 2 saturated carbocycles. The summed E-state index contributed by atoms with van der Waals surface area (Å²) in [6.07, 6.45) is 4.52. The molecule has 1 aliphatic heterocycles. The summed E-state index contributed by atoms with van der Waals surface area (Å²) < 4.78 is 16.8. The van der Waals surface area contributed by atoms with E-state index in [1.807, 2.05) is 0 Å². The highest BCUT2D eigenvalue weighted by Gasteiger charge is 2.48. The lowest BCUT2D eigenvalue weighted by Gasteiger charge is -2.50. The summed E-state index contributed by atoms with van der Waals surface area (Å²) in [4.78, 5) is 15.7. The number of fused-ring (bicyclic) bond motifs is 1. The van der Waals surface area contributed by atoms with Crippen molar-refractivity contribution in [2.24, 2.45) is 17.8 Å². The number of carbonyl (C=O) groups excluding carboxylic acids is 1. The van der Waals surface area contributed by atoms with Crippen molar-refractivity contribution in [2.75, 3.05) is 34.9 Å². The van der Waals surface area contributed by atoms with Gasteiger partial charge in [0.25, 0.3) is 0 Å². The van der Waals surface area contributed by atoms with E-state index in [0.29, 0.717) is 30.5 Å². The van der Waals surface area contributed by atoms with Crippen molar-refractivity contribution in [1.29, 1.82) is 0 Å². The van der Waals surface area contributed by atoms with Gasteiger partial charge in [-0.05, 0) is 64.0 Å². The molecule has 0 radical (unpaired) electrons. The average Bonchev–Trinajstić information content (AvgIpc) is 2.66. The van der Waals surface area contributed by atoms with Crippen LogP contribution in [0.1, 0.15) is 38.5 Å². The summed E-state index contributed by atoms with van der Waals surface area (Å²) >= 11 is 0. The Kier molecular flexibility index (Phi) is 6.73. The third kappa shape index (κ3) is 3.85. The van der Waals surface area contributed by atoms with Crippen molar-refractivity contribution in [3.8, 4) is 0 Å². The summed E-state index contributed by atoms with van der Waals surface area (Å²) in [6.45, 7) is 0.953. The molecule has 1 N–H and O–H groups in total. The van der Waals surface area contributed by atoms with Crippen LogP contribution < -0.4 is 0 Å². The van der Waals surface area contributed by atoms with Crippen LogP contribution in [0.5, 0.6) is 0 Å². The van der Waals surface area contributed by atoms with Crippen molar-refractivity contribution in [3.05, 3.63) is 0 Å². The predicted molar refractivity (Wildman–Crippen MR) is 98.0 cm³/mol. The third-order valence-corrected chi connectivity index (χ3v) is 7.15. The highest BCUT2D eigenvalue weighted by atomic mass is 16.5. The van der Waals surface area contributed by atoms with E-state index in [2.05, 4.69) is 11.9 Å². The number of aliphatic hydroxyl groups excluding tert-OH is 1. The van der Waals surface area contributed by atoms with Gasteiger partial charge in [-0.1, -0.05) is 0 Å². The molecule has 3 fully saturated rings. The third-order valence-electron chi connectivity index (χ3n) is 7.15. The summed E-state index contributed by atoms with van der Waals surface area (Å²) in [6, 6.07) is -0.0537. The van der Waals surface area contributed by atoms with Gasteiger partial charge in [-0.15, -0.1) is 0 Å². The van der Waals surface area contributed by atoms with E-state index in [-0.39, 0.29) is 30.3 Å². The first kappa shape index (κ1) is 20.2. The largest absolute Gasteiger partial charge is 0.390 e. The topological polar surface area (TPSA) is 68.2 Å². The quantitative estimate of drug-likeness (QED) is 0.792. The zero-order chi connectivity index (χ0) is 18.8. The Morgan fingerprint density at radius 3 is 2.23 bits per heavy atom. The minimum atomic E-state index is -0.448. The Labute approximate surface area is 157 Å². The Morgan fingerprint density at radius 2 is 1.58 bits per heavy atom. The number of nitrogens with zero attached hydrogens (tertiary/aromatic N) is 1. The molecule has 8 atom stereocenters. The van der Waals surface area contributed by atoms with E-state index in [9.17, 15) is 9.90 Å². The number of hydrogen-bond donors (Lipinski definition) is 1. The molecule has 2 aliphatic carbocycles. The van der Waals surface area contributed by atoms with E-state index >= 15 is 0 Å². The molecule has 0 aromatic carbocycles. The Balaban J connectivity index is 1.75.